The zero-order valence-electron chi connectivity index (χ0n) is 18.0. The third-order valence-corrected chi connectivity index (χ3v) is 5.60. The van der Waals surface area contributed by atoms with Crippen molar-refractivity contribution >= 4 is 17.8 Å². The molecule has 0 aliphatic carbocycles. The van der Waals surface area contributed by atoms with E-state index in [1.54, 1.807) is 0 Å². The van der Waals surface area contributed by atoms with E-state index in [1.807, 2.05) is 62.4 Å². The van der Waals surface area contributed by atoms with Crippen LogP contribution in [0, 0.1) is 19.8 Å². The lowest BCUT2D eigenvalue weighted by Gasteiger charge is -2.28. The molecular formula is C24H29N3O3. The second-order valence-electron chi connectivity index (χ2n) is 8.27. The molecule has 1 atom stereocenters. The lowest BCUT2D eigenvalue weighted by Crippen LogP contribution is -2.46. The van der Waals surface area contributed by atoms with Crippen molar-refractivity contribution in [1.29, 1.82) is 0 Å². The summed E-state index contributed by atoms with van der Waals surface area (Å²) in [5.41, 5.74) is 2.11. The summed E-state index contributed by atoms with van der Waals surface area (Å²) in [6.07, 6.45) is 0.836. The van der Waals surface area contributed by atoms with Crippen molar-refractivity contribution in [1.82, 2.24) is 15.5 Å². The first-order valence-corrected chi connectivity index (χ1v) is 10.3. The maximum Gasteiger partial charge on any atom is 0.326 e. The fourth-order valence-corrected chi connectivity index (χ4v) is 3.64. The van der Waals surface area contributed by atoms with Crippen LogP contribution >= 0.6 is 0 Å². The third-order valence-electron chi connectivity index (χ3n) is 5.60. The second kappa shape index (κ2) is 8.69. The Labute approximate surface area is 177 Å². The van der Waals surface area contributed by atoms with Crippen LogP contribution in [0.4, 0.5) is 4.79 Å². The summed E-state index contributed by atoms with van der Waals surface area (Å²) in [6.45, 7) is 8.32. The average molecular weight is 408 g/mol. The Morgan fingerprint density at radius 3 is 2.37 bits per heavy atom. The summed E-state index contributed by atoms with van der Waals surface area (Å²) in [7, 11) is 0. The average Bonchev–Trinajstić information content (AvgIpc) is 2.96. The number of benzene rings is 2. The number of imide groups is 1. The van der Waals surface area contributed by atoms with Gasteiger partial charge in [-0.1, -0.05) is 62.4 Å². The number of nitrogens with zero attached hydrogens (tertiary/aromatic N) is 1. The summed E-state index contributed by atoms with van der Waals surface area (Å²) in [4.78, 5) is 39.8. The van der Waals surface area contributed by atoms with Crippen LogP contribution in [0.5, 0.6) is 0 Å². The van der Waals surface area contributed by atoms with Gasteiger partial charge in [0.15, 0.2) is 5.54 Å². The standard InChI is InChI=1S/C24H29N3O3/c1-16(2)12-13-25-21(28)15-27-22(29)24(26-23(27)30,19-8-6-5-7-9-19)20-11-10-17(3)18(4)14-20/h5-11,14,16H,12-13,15H2,1-4H3,(H,25,28)(H,26,30)/t24-/m0/s1. The molecule has 1 aliphatic rings. The molecule has 0 bridgehead atoms. The molecule has 1 fully saturated rings. The van der Waals surface area contributed by atoms with Gasteiger partial charge in [0.2, 0.25) is 5.91 Å². The summed E-state index contributed by atoms with van der Waals surface area (Å²) in [5, 5.41) is 5.68. The Kier molecular flexibility index (Phi) is 6.25. The number of urea groups is 1. The molecular weight excluding hydrogens is 378 g/mol. The highest BCUT2D eigenvalue weighted by atomic mass is 16.2. The Hall–Kier alpha value is -3.15. The van der Waals surface area contributed by atoms with Crippen molar-refractivity contribution in [3.8, 4) is 0 Å². The van der Waals surface area contributed by atoms with E-state index in [4.69, 9.17) is 0 Å². The number of nitrogens with one attached hydrogen (secondary N) is 2. The van der Waals surface area contributed by atoms with Crippen LogP contribution in [0.25, 0.3) is 0 Å². The van der Waals surface area contributed by atoms with E-state index in [-0.39, 0.29) is 12.5 Å². The van der Waals surface area contributed by atoms with Gasteiger partial charge in [0.1, 0.15) is 6.54 Å². The van der Waals surface area contributed by atoms with Crippen molar-refractivity contribution in [3.05, 3.63) is 70.8 Å². The van der Waals surface area contributed by atoms with E-state index in [9.17, 15) is 14.4 Å². The number of aryl methyl sites for hydroxylation is 2. The van der Waals surface area contributed by atoms with Crippen molar-refractivity contribution in [2.24, 2.45) is 5.92 Å². The van der Waals surface area contributed by atoms with E-state index in [1.165, 1.54) is 0 Å². The molecule has 2 aromatic carbocycles. The van der Waals surface area contributed by atoms with E-state index in [0.717, 1.165) is 22.4 Å². The molecule has 6 heteroatoms. The van der Waals surface area contributed by atoms with Gasteiger partial charge in [0, 0.05) is 6.54 Å². The first-order valence-electron chi connectivity index (χ1n) is 10.3. The highest BCUT2D eigenvalue weighted by molar-refractivity contribution is 6.11. The largest absolute Gasteiger partial charge is 0.355 e. The first-order chi connectivity index (χ1) is 14.3. The Balaban J connectivity index is 1.95. The minimum atomic E-state index is -1.35. The fourth-order valence-electron chi connectivity index (χ4n) is 3.64. The second-order valence-corrected chi connectivity index (χ2v) is 8.27. The molecule has 4 amide bonds. The van der Waals surface area contributed by atoms with Gasteiger partial charge in [-0.3, -0.25) is 14.5 Å². The summed E-state index contributed by atoms with van der Waals surface area (Å²) < 4.78 is 0. The Bertz CT molecular complexity index is 955. The molecule has 0 spiro atoms. The highest BCUT2D eigenvalue weighted by Gasteiger charge is 2.54. The maximum atomic E-state index is 13.6. The summed E-state index contributed by atoms with van der Waals surface area (Å²) >= 11 is 0. The van der Waals surface area contributed by atoms with Crippen molar-refractivity contribution in [2.45, 2.75) is 39.7 Å². The van der Waals surface area contributed by atoms with Gasteiger partial charge in [-0.25, -0.2) is 4.79 Å². The minimum absolute atomic E-state index is 0.303. The van der Waals surface area contributed by atoms with E-state index in [2.05, 4.69) is 24.5 Å². The molecule has 6 nitrogen and oxygen atoms in total. The normalized spacial score (nSPS) is 18.6. The molecule has 0 saturated carbocycles. The molecule has 1 aliphatic heterocycles. The van der Waals surface area contributed by atoms with E-state index >= 15 is 0 Å². The van der Waals surface area contributed by atoms with Gasteiger partial charge in [-0.05, 0) is 48.4 Å². The van der Waals surface area contributed by atoms with Crippen molar-refractivity contribution in [2.75, 3.05) is 13.1 Å². The zero-order chi connectivity index (χ0) is 21.9. The van der Waals surface area contributed by atoms with Gasteiger partial charge in [-0.15, -0.1) is 0 Å². The zero-order valence-corrected chi connectivity index (χ0v) is 18.0. The van der Waals surface area contributed by atoms with Crippen LogP contribution in [-0.2, 0) is 15.1 Å². The van der Waals surface area contributed by atoms with Gasteiger partial charge >= 0.3 is 6.03 Å². The number of rotatable bonds is 7. The lowest BCUT2D eigenvalue weighted by atomic mass is 9.81. The number of hydrogen-bond donors (Lipinski definition) is 2. The quantitative estimate of drug-likeness (QED) is 0.692. The van der Waals surface area contributed by atoms with Gasteiger partial charge in [0.25, 0.3) is 5.91 Å². The van der Waals surface area contributed by atoms with Crippen LogP contribution in [0.1, 0.15) is 42.5 Å². The van der Waals surface area contributed by atoms with Crippen LogP contribution in [0.15, 0.2) is 48.5 Å². The minimum Gasteiger partial charge on any atom is -0.355 e. The van der Waals surface area contributed by atoms with Crippen LogP contribution in [0.3, 0.4) is 0 Å². The van der Waals surface area contributed by atoms with E-state index < -0.39 is 17.5 Å². The first kappa shape index (κ1) is 21.6. The topological polar surface area (TPSA) is 78.5 Å². The Morgan fingerprint density at radius 1 is 1.03 bits per heavy atom. The predicted octanol–water partition coefficient (Wildman–Crippen LogP) is 3.26. The third kappa shape index (κ3) is 4.08. The van der Waals surface area contributed by atoms with Crippen molar-refractivity contribution in [3.63, 3.8) is 0 Å². The molecule has 0 aromatic heterocycles. The molecule has 158 valence electrons. The number of amides is 4. The highest BCUT2D eigenvalue weighted by Crippen LogP contribution is 2.36. The monoisotopic (exact) mass is 407 g/mol. The molecule has 3 rings (SSSR count). The van der Waals surface area contributed by atoms with Crippen LogP contribution in [0.2, 0.25) is 0 Å². The molecule has 1 heterocycles. The number of hydrogen-bond acceptors (Lipinski definition) is 3. The number of carbonyl (C=O) groups is 3. The van der Waals surface area contributed by atoms with Crippen LogP contribution < -0.4 is 10.6 Å². The molecule has 0 radical (unpaired) electrons. The SMILES string of the molecule is Cc1ccc([C@]2(c3ccccc3)NC(=O)N(CC(=O)NCCC(C)C)C2=O)cc1C. The molecule has 1 saturated heterocycles. The molecule has 2 N–H and O–H groups in total. The fraction of sp³-hybridized carbons (Fsp3) is 0.375. The van der Waals surface area contributed by atoms with Crippen LogP contribution in [-0.4, -0.2) is 35.8 Å². The number of carbonyl (C=O) groups excluding carboxylic acids is 3. The van der Waals surface area contributed by atoms with Crippen molar-refractivity contribution < 1.29 is 14.4 Å². The van der Waals surface area contributed by atoms with Gasteiger partial charge in [0.05, 0.1) is 0 Å². The molecule has 0 unspecified atom stereocenters. The van der Waals surface area contributed by atoms with E-state index in [0.29, 0.717) is 23.6 Å². The van der Waals surface area contributed by atoms with Gasteiger partial charge < -0.3 is 10.6 Å². The Morgan fingerprint density at radius 2 is 1.73 bits per heavy atom. The maximum absolute atomic E-state index is 13.6. The summed E-state index contributed by atoms with van der Waals surface area (Å²) in [5.74, 6) is -0.332. The smallest absolute Gasteiger partial charge is 0.326 e. The van der Waals surface area contributed by atoms with Gasteiger partial charge in [-0.2, -0.15) is 0 Å². The molecule has 30 heavy (non-hydrogen) atoms. The lowest BCUT2D eigenvalue weighted by molar-refractivity contribution is -0.134. The molecule has 2 aromatic rings. The predicted molar refractivity (Wildman–Crippen MR) is 116 cm³/mol. The summed E-state index contributed by atoms with van der Waals surface area (Å²) in [6, 6.07) is 14.3.